The van der Waals surface area contributed by atoms with Crippen molar-refractivity contribution in [2.75, 3.05) is 31.1 Å². The molecule has 21 heavy (non-hydrogen) atoms. The first-order chi connectivity index (χ1) is 10.2. The Hall–Kier alpha value is -2.01. The Morgan fingerprint density at radius 1 is 1.19 bits per heavy atom. The molecule has 1 aliphatic rings. The van der Waals surface area contributed by atoms with Gasteiger partial charge in [0.2, 0.25) is 0 Å². The number of piperazine rings is 1. The van der Waals surface area contributed by atoms with E-state index in [0.717, 1.165) is 44.1 Å². The Kier molecular flexibility index (Phi) is 4.10. The third-order valence-electron chi connectivity index (χ3n) is 3.92. The average molecular weight is 286 g/mol. The van der Waals surface area contributed by atoms with Crippen LogP contribution in [0.15, 0.2) is 36.8 Å². The van der Waals surface area contributed by atoms with Gasteiger partial charge >= 0.3 is 0 Å². The molecule has 4 nitrogen and oxygen atoms in total. The van der Waals surface area contributed by atoms with E-state index in [0.29, 0.717) is 0 Å². The van der Waals surface area contributed by atoms with Crippen LogP contribution in [-0.4, -0.2) is 41.0 Å². The maximum Gasteiger partial charge on any atom is 0.143 e. The summed E-state index contributed by atoms with van der Waals surface area (Å²) in [7, 11) is 0. The zero-order valence-corrected chi connectivity index (χ0v) is 12.2. The molecule has 2 aromatic rings. The van der Waals surface area contributed by atoms with E-state index in [-0.39, 0.29) is 5.82 Å². The van der Waals surface area contributed by atoms with Crippen molar-refractivity contribution in [1.82, 2.24) is 14.9 Å². The molecule has 1 aliphatic heterocycles. The molecule has 0 saturated carbocycles. The molecule has 0 unspecified atom stereocenters. The normalized spacial score (nSPS) is 16.2. The zero-order chi connectivity index (χ0) is 14.7. The summed E-state index contributed by atoms with van der Waals surface area (Å²) in [6, 6.07) is 5.61. The first-order valence-electron chi connectivity index (χ1n) is 7.21. The van der Waals surface area contributed by atoms with Crippen LogP contribution in [0.25, 0.3) is 0 Å². The molecule has 3 heterocycles. The van der Waals surface area contributed by atoms with E-state index in [1.807, 2.05) is 12.3 Å². The summed E-state index contributed by atoms with van der Waals surface area (Å²) >= 11 is 0. The molecule has 0 aromatic carbocycles. The average Bonchev–Trinajstić information content (AvgIpc) is 2.50. The van der Waals surface area contributed by atoms with Crippen LogP contribution < -0.4 is 4.90 Å². The minimum absolute atomic E-state index is 0.279. The van der Waals surface area contributed by atoms with Crippen LogP contribution in [0, 0.1) is 12.7 Å². The van der Waals surface area contributed by atoms with Crippen molar-refractivity contribution in [3.05, 3.63) is 53.9 Å². The van der Waals surface area contributed by atoms with Crippen LogP contribution in [0.5, 0.6) is 0 Å². The highest BCUT2D eigenvalue weighted by Crippen LogP contribution is 2.17. The Bertz CT molecular complexity index is 609. The molecule has 0 bridgehead atoms. The first-order valence-corrected chi connectivity index (χ1v) is 7.21. The fraction of sp³-hybridized carbons (Fsp3) is 0.375. The van der Waals surface area contributed by atoms with Gasteiger partial charge in [-0.25, -0.2) is 4.39 Å². The number of rotatable bonds is 3. The van der Waals surface area contributed by atoms with Crippen LogP contribution in [0.2, 0.25) is 0 Å². The molecule has 1 saturated heterocycles. The number of aromatic nitrogens is 2. The third kappa shape index (κ3) is 3.36. The Morgan fingerprint density at radius 2 is 2.00 bits per heavy atom. The number of nitrogens with zero attached hydrogens (tertiary/aromatic N) is 4. The quantitative estimate of drug-likeness (QED) is 0.866. The van der Waals surface area contributed by atoms with Gasteiger partial charge in [-0.05, 0) is 18.6 Å². The summed E-state index contributed by atoms with van der Waals surface area (Å²) in [5, 5.41) is 0. The Labute approximate surface area is 124 Å². The predicted octanol–water partition coefficient (Wildman–Crippen LogP) is 2.25. The van der Waals surface area contributed by atoms with Gasteiger partial charge in [-0.15, -0.1) is 0 Å². The fourth-order valence-corrected chi connectivity index (χ4v) is 2.63. The van der Waals surface area contributed by atoms with E-state index in [1.54, 1.807) is 12.3 Å². The summed E-state index contributed by atoms with van der Waals surface area (Å²) in [5.74, 6) is -0.279. The standard InChI is InChI=1S/C16H19FN4/c1-13-3-2-4-19-16(13)12-20-5-7-21(8-6-20)15-9-14(17)10-18-11-15/h2-4,9-11H,5-8,12H2,1H3. The van der Waals surface area contributed by atoms with E-state index in [2.05, 4.69) is 32.8 Å². The second kappa shape index (κ2) is 6.18. The minimum atomic E-state index is -0.279. The van der Waals surface area contributed by atoms with Gasteiger partial charge in [-0.3, -0.25) is 14.9 Å². The minimum Gasteiger partial charge on any atom is -0.368 e. The second-order valence-electron chi connectivity index (χ2n) is 5.39. The van der Waals surface area contributed by atoms with E-state index in [1.165, 1.54) is 11.8 Å². The molecule has 0 atom stereocenters. The SMILES string of the molecule is Cc1cccnc1CN1CCN(c2cncc(F)c2)CC1. The monoisotopic (exact) mass is 286 g/mol. The Balaban J connectivity index is 1.59. The number of hydrogen-bond acceptors (Lipinski definition) is 4. The molecule has 110 valence electrons. The van der Waals surface area contributed by atoms with Gasteiger partial charge < -0.3 is 4.90 Å². The largest absolute Gasteiger partial charge is 0.368 e. The van der Waals surface area contributed by atoms with Crippen LogP contribution >= 0.6 is 0 Å². The maximum atomic E-state index is 13.2. The second-order valence-corrected chi connectivity index (χ2v) is 5.39. The van der Waals surface area contributed by atoms with Crippen molar-refractivity contribution in [3.8, 4) is 0 Å². The van der Waals surface area contributed by atoms with Crippen molar-refractivity contribution in [1.29, 1.82) is 0 Å². The van der Waals surface area contributed by atoms with Crippen LogP contribution in [0.3, 0.4) is 0 Å². The van der Waals surface area contributed by atoms with Crippen molar-refractivity contribution in [2.45, 2.75) is 13.5 Å². The lowest BCUT2D eigenvalue weighted by molar-refractivity contribution is 0.246. The lowest BCUT2D eigenvalue weighted by Gasteiger charge is -2.35. The van der Waals surface area contributed by atoms with Gasteiger partial charge in [-0.1, -0.05) is 6.07 Å². The van der Waals surface area contributed by atoms with Gasteiger partial charge in [0.15, 0.2) is 0 Å². The number of aryl methyl sites for hydroxylation is 1. The predicted molar refractivity (Wildman–Crippen MR) is 80.7 cm³/mol. The summed E-state index contributed by atoms with van der Waals surface area (Å²) in [4.78, 5) is 12.9. The molecule has 3 rings (SSSR count). The van der Waals surface area contributed by atoms with Crippen molar-refractivity contribution >= 4 is 5.69 Å². The number of pyridine rings is 2. The molecular weight excluding hydrogens is 267 g/mol. The number of anilines is 1. The van der Waals surface area contributed by atoms with Gasteiger partial charge in [0.1, 0.15) is 5.82 Å². The number of hydrogen-bond donors (Lipinski definition) is 0. The van der Waals surface area contributed by atoms with E-state index in [4.69, 9.17) is 0 Å². The van der Waals surface area contributed by atoms with Gasteiger partial charge in [-0.2, -0.15) is 0 Å². The van der Waals surface area contributed by atoms with Gasteiger partial charge in [0.25, 0.3) is 0 Å². The molecule has 5 heteroatoms. The fourth-order valence-electron chi connectivity index (χ4n) is 2.63. The topological polar surface area (TPSA) is 32.3 Å². The highest BCUT2D eigenvalue weighted by molar-refractivity contribution is 5.44. The number of halogens is 1. The smallest absolute Gasteiger partial charge is 0.143 e. The van der Waals surface area contributed by atoms with Crippen LogP contribution in [0.4, 0.5) is 10.1 Å². The van der Waals surface area contributed by atoms with E-state index < -0.39 is 0 Å². The molecule has 0 N–H and O–H groups in total. The lowest BCUT2D eigenvalue weighted by atomic mass is 10.2. The molecule has 2 aromatic heterocycles. The highest BCUT2D eigenvalue weighted by atomic mass is 19.1. The highest BCUT2D eigenvalue weighted by Gasteiger charge is 2.18. The maximum absolute atomic E-state index is 13.2. The summed E-state index contributed by atoms with van der Waals surface area (Å²) in [5.41, 5.74) is 3.23. The van der Waals surface area contributed by atoms with Crippen molar-refractivity contribution in [3.63, 3.8) is 0 Å². The van der Waals surface area contributed by atoms with Crippen LogP contribution in [-0.2, 0) is 6.54 Å². The zero-order valence-electron chi connectivity index (χ0n) is 12.2. The molecule has 0 aliphatic carbocycles. The van der Waals surface area contributed by atoms with Gasteiger partial charge in [0, 0.05) is 45.0 Å². The summed E-state index contributed by atoms with van der Waals surface area (Å²) in [6.07, 6.45) is 4.81. The third-order valence-corrected chi connectivity index (χ3v) is 3.92. The molecule has 1 fully saturated rings. The first kappa shape index (κ1) is 13.9. The van der Waals surface area contributed by atoms with Crippen molar-refractivity contribution in [2.24, 2.45) is 0 Å². The summed E-state index contributed by atoms with van der Waals surface area (Å²) in [6.45, 7) is 6.64. The molecular formula is C16H19FN4. The van der Waals surface area contributed by atoms with E-state index in [9.17, 15) is 4.39 Å². The summed E-state index contributed by atoms with van der Waals surface area (Å²) < 4.78 is 13.2. The molecule has 0 amide bonds. The lowest BCUT2D eigenvalue weighted by Crippen LogP contribution is -2.46. The Morgan fingerprint density at radius 3 is 2.71 bits per heavy atom. The van der Waals surface area contributed by atoms with Gasteiger partial charge in [0.05, 0.1) is 23.8 Å². The molecule has 0 spiro atoms. The molecule has 0 radical (unpaired) electrons. The van der Waals surface area contributed by atoms with Crippen LogP contribution in [0.1, 0.15) is 11.3 Å². The van der Waals surface area contributed by atoms with E-state index >= 15 is 0 Å². The van der Waals surface area contributed by atoms with Crippen molar-refractivity contribution < 1.29 is 4.39 Å².